The lowest BCUT2D eigenvalue weighted by atomic mass is 9.71. The number of carbonyl (C=O) groups excluding carboxylic acids is 1. The predicted octanol–water partition coefficient (Wildman–Crippen LogP) is 3.12. The van der Waals surface area contributed by atoms with Crippen molar-refractivity contribution in [2.75, 3.05) is 30.4 Å². The summed E-state index contributed by atoms with van der Waals surface area (Å²) in [7, 11) is 3.88. The summed E-state index contributed by atoms with van der Waals surface area (Å²) in [6, 6.07) is 2.30. The fourth-order valence-electron chi connectivity index (χ4n) is 4.79. The third kappa shape index (κ3) is 4.59. The molecule has 2 aromatic rings. The van der Waals surface area contributed by atoms with E-state index in [2.05, 4.69) is 25.3 Å². The Balaban J connectivity index is 1.40. The Morgan fingerprint density at radius 3 is 2.84 bits per heavy atom. The van der Waals surface area contributed by atoms with Crippen molar-refractivity contribution in [3.63, 3.8) is 0 Å². The number of amides is 1. The minimum absolute atomic E-state index is 0.0247. The molecule has 4 rings (SSSR count). The first-order valence-corrected chi connectivity index (χ1v) is 10.9. The van der Waals surface area contributed by atoms with Crippen LogP contribution in [0.5, 0.6) is 0 Å². The molecule has 1 spiro atoms. The number of hydrogen-bond acceptors (Lipinski definition) is 7. The van der Waals surface area contributed by atoms with Crippen LogP contribution in [-0.4, -0.2) is 56.7 Å². The summed E-state index contributed by atoms with van der Waals surface area (Å²) in [5.74, 6) is 1.15. The van der Waals surface area contributed by atoms with Gasteiger partial charge >= 0.3 is 0 Å². The number of nitrogens with one attached hydrogen (secondary N) is 1. The highest BCUT2D eigenvalue weighted by atomic mass is 35.5. The number of rotatable bonds is 5. The molecule has 2 aliphatic rings. The molecule has 164 valence electrons. The van der Waals surface area contributed by atoms with E-state index in [1.165, 1.54) is 0 Å². The lowest BCUT2D eigenvalue weighted by molar-refractivity contribution is -0.129. The largest absolute Gasteiger partial charge is 0.355 e. The highest BCUT2D eigenvalue weighted by Gasteiger charge is 2.43. The summed E-state index contributed by atoms with van der Waals surface area (Å²) >= 11 is 6.44. The van der Waals surface area contributed by atoms with Crippen molar-refractivity contribution in [3.8, 4) is 6.07 Å². The van der Waals surface area contributed by atoms with Crippen LogP contribution in [0.15, 0.2) is 18.6 Å². The number of carbonyl (C=O) groups is 1. The molecule has 10 heteroatoms. The number of aryl methyl sites for hydroxylation is 1. The van der Waals surface area contributed by atoms with Gasteiger partial charge in [0.2, 0.25) is 11.9 Å². The molecule has 1 aliphatic carbocycles. The summed E-state index contributed by atoms with van der Waals surface area (Å²) in [6.07, 6.45) is 10.3. The Morgan fingerprint density at radius 2 is 2.16 bits per heavy atom. The zero-order valence-electron chi connectivity index (χ0n) is 17.9. The standard InChI is InChI=1S/C21H27ClN8O/c1-28-13-15(11-25-28)26-20-24-12-17(22)19(27-20)29(2)16-3-6-21(7-4-16)8-10-30(14-21)18(31)5-9-23/h11-13,16H,3-8,10,14H2,1-2H3,(H,24,26,27). The third-order valence-corrected chi connectivity index (χ3v) is 6.87. The summed E-state index contributed by atoms with van der Waals surface area (Å²) < 4.78 is 1.71. The van der Waals surface area contributed by atoms with Gasteiger partial charge in [-0.05, 0) is 37.5 Å². The molecule has 1 N–H and O–H groups in total. The maximum absolute atomic E-state index is 12.1. The van der Waals surface area contributed by atoms with Gasteiger partial charge in [0, 0.05) is 39.4 Å². The van der Waals surface area contributed by atoms with Gasteiger partial charge in [0.1, 0.15) is 11.4 Å². The zero-order valence-corrected chi connectivity index (χ0v) is 18.6. The van der Waals surface area contributed by atoms with Crippen LogP contribution in [-0.2, 0) is 11.8 Å². The van der Waals surface area contributed by atoms with Crippen molar-refractivity contribution in [1.29, 1.82) is 5.26 Å². The SMILES string of the molecule is CN(c1nc(Nc2cnn(C)c2)ncc1Cl)C1CCC2(CC1)CCN(C(=O)CC#N)C2. The van der Waals surface area contributed by atoms with E-state index in [0.29, 0.717) is 22.8 Å². The molecule has 3 heterocycles. The van der Waals surface area contributed by atoms with Crippen molar-refractivity contribution in [1.82, 2.24) is 24.6 Å². The van der Waals surface area contributed by atoms with E-state index in [1.807, 2.05) is 31.3 Å². The average molecular weight is 443 g/mol. The maximum atomic E-state index is 12.1. The normalized spacial score (nSPS) is 23.0. The topological polar surface area (TPSA) is 103 Å². The van der Waals surface area contributed by atoms with Crippen LogP contribution in [0.2, 0.25) is 5.02 Å². The number of nitriles is 1. The molecule has 0 radical (unpaired) electrons. The molecule has 9 nitrogen and oxygen atoms in total. The Morgan fingerprint density at radius 1 is 1.39 bits per heavy atom. The van der Waals surface area contributed by atoms with Gasteiger partial charge in [-0.25, -0.2) is 4.98 Å². The van der Waals surface area contributed by atoms with Gasteiger partial charge in [-0.3, -0.25) is 9.48 Å². The minimum atomic E-state index is -0.0416. The van der Waals surface area contributed by atoms with Crippen LogP contribution in [0.1, 0.15) is 38.5 Å². The first kappa shape index (κ1) is 21.4. The molecule has 31 heavy (non-hydrogen) atoms. The molecule has 0 atom stereocenters. The van der Waals surface area contributed by atoms with Gasteiger partial charge in [0.15, 0.2) is 5.82 Å². The second-order valence-corrected chi connectivity index (χ2v) is 9.04. The van der Waals surface area contributed by atoms with E-state index >= 15 is 0 Å². The summed E-state index contributed by atoms with van der Waals surface area (Å²) in [5.41, 5.74) is 1.00. The van der Waals surface area contributed by atoms with Gasteiger partial charge in [0.25, 0.3) is 0 Å². The molecular formula is C21H27ClN8O. The van der Waals surface area contributed by atoms with Crippen molar-refractivity contribution >= 4 is 35.0 Å². The van der Waals surface area contributed by atoms with E-state index in [1.54, 1.807) is 17.1 Å². The average Bonchev–Trinajstić information content (AvgIpc) is 3.36. The lowest BCUT2D eigenvalue weighted by Gasteiger charge is -2.41. The minimum Gasteiger partial charge on any atom is -0.355 e. The third-order valence-electron chi connectivity index (χ3n) is 6.61. The fraction of sp³-hybridized carbons (Fsp3) is 0.571. The van der Waals surface area contributed by atoms with Gasteiger partial charge in [-0.1, -0.05) is 11.6 Å². The Bertz CT molecular complexity index is 992. The quantitative estimate of drug-likeness (QED) is 0.758. The van der Waals surface area contributed by atoms with Gasteiger partial charge in [0.05, 0.1) is 24.2 Å². The van der Waals surface area contributed by atoms with Crippen LogP contribution in [0.4, 0.5) is 17.5 Å². The van der Waals surface area contributed by atoms with Gasteiger partial charge in [-0.2, -0.15) is 15.3 Å². The molecule has 1 saturated carbocycles. The van der Waals surface area contributed by atoms with Gasteiger partial charge < -0.3 is 15.1 Å². The number of aromatic nitrogens is 4. The molecule has 2 aromatic heterocycles. The summed E-state index contributed by atoms with van der Waals surface area (Å²) in [6.45, 7) is 1.54. The Hall–Kier alpha value is -2.86. The number of nitrogens with zero attached hydrogens (tertiary/aromatic N) is 7. The molecule has 2 fully saturated rings. The molecule has 0 unspecified atom stereocenters. The molecule has 1 saturated heterocycles. The molecule has 1 aliphatic heterocycles. The van der Waals surface area contributed by atoms with E-state index in [-0.39, 0.29) is 17.7 Å². The fourth-order valence-corrected chi connectivity index (χ4v) is 5.02. The smallest absolute Gasteiger partial charge is 0.236 e. The van der Waals surface area contributed by atoms with Crippen molar-refractivity contribution in [3.05, 3.63) is 23.6 Å². The predicted molar refractivity (Wildman–Crippen MR) is 118 cm³/mol. The number of halogens is 1. The van der Waals surface area contributed by atoms with Crippen molar-refractivity contribution < 1.29 is 4.79 Å². The van der Waals surface area contributed by atoms with E-state index in [9.17, 15) is 4.79 Å². The van der Waals surface area contributed by atoms with Crippen LogP contribution >= 0.6 is 11.6 Å². The molecule has 1 amide bonds. The highest BCUT2D eigenvalue weighted by Crippen LogP contribution is 2.45. The zero-order chi connectivity index (χ0) is 22.0. The van der Waals surface area contributed by atoms with Crippen LogP contribution in [0, 0.1) is 16.7 Å². The number of hydrogen-bond donors (Lipinski definition) is 1. The molecule has 0 bridgehead atoms. The first-order chi connectivity index (χ1) is 14.9. The van der Waals surface area contributed by atoms with E-state index in [4.69, 9.17) is 16.9 Å². The van der Waals surface area contributed by atoms with Crippen molar-refractivity contribution in [2.24, 2.45) is 12.5 Å². The van der Waals surface area contributed by atoms with Crippen LogP contribution < -0.4 is 10.2 Å². The first-order valence-electron chi connectivity index (χ1n) is 10.5. The Labute approximate surface area is 187 Å². The maximum Gasteiger partial charge on any atom is 0.236 e. The second kappa shape index (κ2) is 8.71. The molecule has 0 aromatic carbocycles. The van der Waals surface area contributed by atoms with Crippen LogP contribution in [0.25, 0.3) is 0 Å². The summed E-state index contributed by atoms with van der Waals surface area (Å²) in [5, 5.41) is 16.6. The summed E-state index contributed by atoms with van der Waals surface area (Å²) in [4.78, 5) is 25.0. The highest BCUT2D eigenvalue weighted by molar-refractivity contribution is 6.32. The monoisotopic (exact) mass is 442 g/mol. The van der Waals surface area contributed by atoms with Crippen LogP contribution in [0.3, 0.4) is 0 Å². The number of likely N-dealkylation sites (tertiary alicyclic amines) is 1. The number of anilines is 3. The van der Waals surface area contributed by atoms with E-state index < -0.39 is 0 Å². The van der Waals surface area contributed by atoms with Crippen molar-refractivity contribution in [2.45, 2.75) is 44.6 Å². The van der Waals surface area contributed by atoms with Gasteiger partial charge in [-0.15, -0.1) is 0 Å². The lowest BCUT2D eigenvalue weighted by Crippen LogP contribution is -2.41. The van der Waals surface area contributed by atoms with E-state index in [0.717, 1.165) is 50.9 Å². The molecular weight excluding hydrogens is 416 g/mol. The second-order valence-electron chi connectivity index (χ2n) is 8.64. The Kier molecular flexibility index (Phi) is 6.01.